The van der Waals surface area contributed by atoms with Crippen molar-refractivity contribution in [3.8, 4) is 17.1 Å². The number of rotatable bonds is 9. The number of benzene rings is 3. The van der Waals surface area contributed by atoms with Crippen molar-refractivity contribution in [3.63, 3.8) is 0 Å². The van der Waals surface area contributed by atoms with E-state index in [2.05, 4.69) is 59.3 Å². The van der Waals surface area contributed by atoms with E-state index in [-0.39, 0.29) is 6.04 Å². The molecular weight excluding hydrogens is 465 g/mol. The lowest BCUT2D eigenvalue weighted by molar-refractivity contribution is 0.306. The minimum Gasteiger partial charge on any atom is -0.489 e. The normalized spacial score (nSPS) is 15.4. The summed E-state index contributed by atoms with van der Waals surface area (Å²) >= 11 is 0. The molecule has 0 amide bonds. The zero-order chi connectivity index (χ0) is 25.1. The van der Waals surface area contributed by atoms with E-state index < -0.39 is 7.14 Å². The number of fused-ring (bicyclic) bond motifs is 1. The minimum absolute atomic E-state index is 0.115. The van der Waals surface area contributed by atoms with Crippen LogP contribution in [0.4, 0.5) is 0 Å². The minimum atomic E-state index is -2.11. The Kier molecular flexibility index (Phi) is 7.32. The Morgan fingerprint density at radius 3 is 2.44 bits per heavy atom. The third kappa shape index (κ3) is 5.74. The fourth-order valence-corrected chi connectivity index (χ4v) is 5.75. The largest absolute Gasteiger partial charge is 0.489 e. The summed E-state index contributed by atoms with van der Waals surface area (Å²) in [5.41, 5.74) is 5.64. The molecule has 1 aliphatic rings. The summed E-state index contributed by atoms with van der Waals surface area (Å²) < 4.78 is 20.6. The molecule has 1 fully saturated rings. The van der Waals surface area contributed by atoms with Crippen LogP contribution in [0.5, 0.6) is 5.75 Å². The first-order valence-corrected chi connectivity index (χ1v) is 15.7. The highest BCUT2D eigenvalue weighted by Gasteiger charge is 2.24. The fraction of sp³-hybridized carbons (Fsp3) is 0.367. The van der Waals surface area contributed by atoms with E-state index >= 15 is 0 Å². The van der Waals surface area contributed by atoms with E-state index in [0.29, 0.717) is 18.9 Å². The van der Waals surface area contributed by atoms with Gasteiger partial charge in [0.05, 0.1) is 18.2 Å². The molecule has 0 bridgehead atoms. The van der Waals surface area contributed by atoms with Gasteiger partial charge in [-0.1, -0.05) is 49.2 Å². The zero-order valence-corrected chi connectivity index (χ0v) is 22.4. The van der Waals surface area contributed by atoms with Crippen LogP contribution in [0, 0.1) is 0 Å². The average Bonchev–Trinajstić information content (AvgIpc) is 3.54. The highest BCUT2D eigenvalue weighted by atomic mass is 31.2. The van der Waals surface area contributed by atoms with E-state index in [0.717, 1.165) is 28.2 Å². The molecule has 4 aromatic rings. The van der Waals surface area contributed by atoms with Gasteiger partial charge in [0.1, 0.15) is 18.2 Å². The van der Waals surface area contributed by atoms with Crippen LogP contribution in [0.15, 0.2) is 72.8 Å². The summed E-state index contributed by atoms with van der Waals surface area (Å²) in [6.07, 6.45) is 5.45. The van der Waals surface area contributed by atoms with Gasteiger partial charge in [-0.05, 0) is 80.6 Å². The van der Waals surface area contributed by atoms with Gasteiger partial charge in [0.25, 0.3) is 0 Å². The quantitative estimate of drug-likeness (QED) is 0.240. The molecule has 1 aliphatic carbocycles. The van der Waals surface area contributed by atoms with Crippen molar-refractivity contribution >= 4 is 18.2 Å². The SMILES string of the molecule is CC(NCP(C)(C)=O)c1ccc2c(c1)nc(-c1ccc(OCc3ccccc3)cc1)n2C1CCCC1. The van der Waals surface area contributed by atoms with Gasteiger partial charge < -0.3 is 19.2 Å². The molecule has 36 heavy (non-hydrogen) atoms. The maximum atomic E-state index is 12.2. The Hall–Kier alpha value is -2.88. The van der Waals surface area contributed by atoms with E-state index in [1.165, 1.54) is 36.8 Å². The smallest absolute Gasteiger partial charge is 0.141 e. The van der Waals surface area contributed by atoms with Gasteiger partial charge in [0, 0.05) is 23.9 Å². The molecule has 0 aliphatic heterocycles. The zero-order valence-electron chi connectivity index (χ0n) is 21.5. The molecule has 1 heterocycles. The standard InChI is InChI=1S/C30H36N3O2P/c1-22(31-21-36(2,3)34)25-15-18-29-28(19-25)32-30(33(29)26-11-7-8-12-26)24-13-16-27(17-14-24)35-20-23-9-5-4-6-10-23/h4-6,9-10,13-19,22,26,31H,7-8,11-12,20-21H2,1-3H3. The van der Waals surface area contributed by atoms with Crippen molar-refractivity contribution in [1.82, 2.24) is 14.9 Å². The lowest BCUT2D eigenvalue weighted by atomic mass is 10.1. The highest BCUT2D eigenvalue weighted by molar-refractivity contribution is 7.62. The van der Waals surface area contributed by atoms with Gasteiger partial charge in [-0.25, -0.2) is 4.98 Å². The third-order valence-electron chi connectivity index (χ3n) is 7.04. The van der Waals surface area contributed by atoms with Crippen molar-refractivity contribution in [2.75, 3.05) is 19.6 Å². The van der Waals surface area contributed by atoms with Crippen molar-refractivity contribution < 1.29 is 9.30 Å². The first-order chi connectivity index (χ1) is 17.4. The number of aromatic nitrogens is 2. The predicted molar refractivity (Wildman–Crippen MR) is 149 cm³/mol. The van der Waals surface area contributed by atoms with Crippen LogP contribution >= 0.6 is 7.14 Å². The molecule has 5 rings (SSSR count). The fourth-order valence-electron chi connectivity index (χ4n) is 5.04. The van der Waals surface area contributed by atoms with Crippen LogP contribution in [0.25, 0.3) is 22.4 Å². The van der Waals surface area contributed by atoms with Crippen LogP contribution in [0.1, 0.15) is 55.8 Å². The molecule has 0 radical (unpaired) electrons. The lowest BCUT2D eigenvalue weighted by Gasteiger charge is -2.18. The van der Waals surface area contributed by atoms with Gasteiger partial charge in [0.15, 0.2) is 0 Å². The van der Waals surface area contributed by atoms with Crippen LogP contribution in [-0.4, -0.2) is 29.2 Å². The molecular formula is C30H36N3O2P. The molecule has 1 unspecified atom stereocenters. The van der Waals surface area contributed by atoms with Gasteiger partial charge in [-0.3, -0.25) is 0 Å². The van der Waals surface area contributed by atoms with Crippen LogP contribution in [0.2, 0.25) is 0 Å². The molecule has 188 valence electrons. The summed E-state index contributed by atoms with van der Waals surface area (Å²) in [7, 11) is -2.11. The Morgan fingerprint density at radius 2 is 1.75 bits per heavy atom. The summed E-state index contributed by atoms with van der Waals surface area (Å²) in [6.45, 7) is 6.33. The Balaban J connectivity index is 1.43. The maximum absolute atomic E-state index is 12.2. The summed E-state index contributed by atoms with van der Waals surface area (Å²) in [5.74, 6) is 1.88. The van der Waals surface area contributed by atoms with Gasteiger partial charge in [-0.2, -0.15) is 0 Å². The Labute approximate surface area is 214 Å². The third-order valence-corrected chi connectivity index (χ3v) is 7.99. The first-order valence-electron chi connectivity index (χ1n) is 12.9. The van der Waals surface area contributed by atoms with Crippen LogP contribution in [0.3, 0.4) is 0 Å². The number of nitrogens with zero attached hydrogens (tertiary/aromatic N) is 2. The van der Waals surface area contributed by atoms with Crippen LogP contribution in [-0.2, 0) is 11.2 Å². The van der Waals surface area contributed by atoms with E-state index in [1.54, 1.807) is 0 Å². The van der Waals surface area contributed by atoms with E-state index in [4.69, 9.17) is 9.72 Å². The maximum Gasteiger partial charge on any atom is 0.141 e. The lowest BCUT2D eigenvalue weighted by Crippen LogP contribution is -2.19. The van der Waals surface area contributed by atoms with Crippen molar-refractivity contribution in [1.29, 1.82) is 0 Å². The summed E-state index contributed by atoms with van der Waals surface area (Å²) in [5, 5.41) is 3.43. The molecule has 6 heteroatoms. The number of imidazole rings is 1. The van der Waals surface area contributed by atoms with Gasteiger partial charge >= 0.3 is 0 Å². The van der Waals surface area contributed by atoms with Crippen LogP contribution < -0.4 is 10.1 Å². The molecule has 1 aromatic heterocycles. The monoisotopic (exact) mass is 501 g/mol. The molecule has 1 saturated carbocycles. The second-order valence-electron chi connectivity index (χ2n) is 10.4. The van der Waals surface area contributed by atoms with E-state index in [1.807, 2.05) is 43.7 Å². The van der Waals surface area contributed by atoms with E-state index in [9.17, 15) is 4.57 Å². The number of hydrogen-bond donors (Lipinski definition) is 1. The average molecular weight is 502 g/mol. The van der Waals surface area contributed by atoms with Gasteiger partial charge in [0.2, 0.25) is 0 Å². The molecule has 1 atom stereocenters. The molecule has 3 aromatic carbocycles. The Bertz CT molecular complexity index is 1350. The first kappa shape index (κ1) is 24.8. The second-order valence-corrected chi connectivity index (χ2v) is 13.9. The Morgan fingerprint density at radius 1 is 1.03 bits per heavy atom. The highest BCUT2D eigenvalue weighted by Crippen LogP contribution is 2.38. The topological polar surface area (TPSA) is 56.1 Å². The number of ether oxygens (including phenoxy) is 1. The molecule has 5 nitrogen and oxygen atoms in total. The number of nitrogens with one attached hydrogen (secondary N) is 1. The molecule has 0 spiro atoms. The summed E-state index contributed by atoms with van der Waals surface area (Å²) in [4.78, 5) is 5.14. The second kappa shape index (κ2) is 10.6. The molecule has 1 N–H and O–H groups in total. The molecule has 0 saturated heterocycles. The van der Waals surface area contributed by atoms with Crippen molar-refractivity contribution in [2.24, 2.45) is 0 Å². The predicted octanol–water partition coefficient (Wildman–Crippen LogP) is 7.63. The summed E-state index contributed by atoms with van der Waals surface area (Å²) in [6, 6.07) is 25.7. The van der Waals surface area contributed by atoms with Crippen molar-refractivity contribution in [3.05, 3.63) is 83.9 Å². The number of hydrogen-bond acceptors (Lipinski definition) is 4. The van der Waals surface area contributed by atoms with Crippen molar-refractivity contribution in [2.45, 2.75) is 51.3 Å². The van der Waals surface area contributed by atoms with Gasteiger partial charge in [-0.15, -0.1) is 0 Å².